The second-order valence-corrected chi connectivity index (χ2v) is 3.63. The van der Waals surface area contributed by atoms with Gasteiger partial charge in [0.1, 0.15) is 12.0 Å². The highest BCUT2D eigenvalue weighted by Gasteiger charge is 2.05. The molecule has 0 heterocycles. The van der Waals surface area contributed by atoms with Gasteiger partial charge in [-0.3, -0.25) is 0 Å². The van der Waals surface area contributed by atoms with Crippen molar-refractivity contribution in [2.24, 2.45) is 5.73 Å². The van der Waals surface area contributed by atoms with Crippen molar-refractivity contribution in [2.45, 2.75) is 6.04 Å². The van der Waals surface area contributed by atoms with Crippen LogP contribution in [0.3, 0.4) is 0 Å². The molecule has 0 aromatic heterocycles. The number of carbonyl (C=O) groups excluding carboxylic acids is 1. The molecule has 82 valence electrons. The Hall–Kier alpha value is -1.87. The summed E-state index contributed by atoms with van der Waals surface area (Å²) in [7, 11) is 1.64. The molecule has 3 nitrogen and oxygen atoms in total. The van der Waals surface area contributed by atoms with Gasteiger partial charge in [-0.1, -0.05) is 18.2 Å². The average Bonchev–Trinajstić information content (AvgIpc) is 2.36. The van der Waals surface area contributed by atoms with Gasteiger partial charge in [0.15, 0.2) is 0 Å². The number of fused-ring (bicyclic) bond motifs is 1. The third kappa shape index (κ3) is 1.90. The molecule has 16 heavy (non-hydrogen) atoms. The largest absolute Gasteiger partial charge is 0.497 e. The van der Waals surface area contributed by atoms with Crippen LogP contribution in [-0.4, -0.2) is 13.4 Å². The lowest BCUT2D eigenvalue weighted by Gasteiger charge is -2.07. The summed E-state index contributed by atoms with van der Waals surface area (Å²) in [5.74, 6) is 0.819. The molecule has 1 atom stereocenters. The third-order valence-corrected chi connectivity index (χ3v) is 2.60. The first-order valence-corrected chi connectivity index (χ1v) is 5.03. The van der Waals surface area contributed by atoms with Crippen molar-refractivity contribution in [3.63, 3.8) is 0 Å². The molecule has 0 amide bonds. The van der Waals surface area contributed by atoms with Gasteiger partial charge in [-0.15, -0.1) is 0 Å². The number of benzene rings is 2. The van der Waals surface area contributed by atoms with Crippen LogP contribution in [0.1, 0.15) is 11.6 Å². The molecule has 0 spiro atoms. The van der Waals surface area contributed by atoms with E-state index in [0.717, 1.165) is 28.4 Å². The van der Waals surface area contributed by atoms with Gasteiger partial charge in [0.25, 0.3) is 0 Å². The molecule has 0 aliphatic carbocycles. The first kappa shape index (κ1) is 10.6. The van der Waals surface area contributed by atoms with Crippen LogP contribution in [0, 0.1) is 0 Å². The van der Waals surface area contributed by atoms with Crippen LogP contribution in [0.2, 0.25) is 0 Å². The van der Waals surface area contributed by atoms with Crippen molar-refractivity contribution >= 4 is 17.1 Å². The minimum Gasteiger partial charge on any atom is -0.497 e. The fraction of sp³-hybridized carbons (Fsp3) is 0.154. The zero-order chi connectivity index (χ0) is 11.5. The van der Waals surface area contributed by atoms with Gasteiger partial charge in [-0.2, -0.15) is 0 Å². The Morgan fingerprint density at radius 1 is 1.19 bits per heavy atom. The predicted octanol–water partition coefficient (Wildman–Crippen LogP) is 2.05. The van der Waals surface area contributed by atoms with Crippen molar-refractivity contribution in [1.29, 1.82) is 0 Å². The standard InChI is InChI=1S/C13H13NO2/c1-16-12-5-4-9-6-11(13(14)8-15)3-2-10(9)7-12/h2-8,13H,14H2,1H3. The Balaban J connectivity index is 2.51. The van der Waals surface area contributed by atoms with E-state index >= 15 is 0 Å². The molecular formula is C13H13NO2. The number of rotatable bonds is 3. The maximum Gasteiger partial charge on any atom is 0.141 e. The van der Waals surface area contributed by atoms with Crippen LogP contribution in [0.4, 0.5) is 0 Å². The Kier molecular flexibility index (Phi) is 2.88. The summed E-state index contributed by atoms with van der Waals surface area (Å²) < 4.78 is 5.14. The highest BCUT2D eigenvalue weighted by Crippen LogP contribution is 2.23. The van der Waals surface area contributed by atoms with E-state index in [2.05, 4.69) is 0 Å². The maximum atomic E-state index is 10.6. The summed E-state index contributed by atoms with van der Waals surface area (Å²) in [6.45, 7) is 0. The van der Waals surface area contributed by atoms with Crippen molar-refractivity contribution < 1.29 is 9.53 Å². The maximum absolute atomic E-state index is 10.6. The van der Waals surface area contributed by atoms with Crippen LogP contribution >= 0.6 is 0 Å². The van der Waals surface area contributed by atoms with Crippen molar-refractivity contribution in [2.75, 3.05) is 7.11 Å². The van der Waals surface area contributed by atoms with E-state index in [0.29, 0.717) is 0 Å². The lowest BCUT2D eigenvalue weighted by Crippen LogP contribution is -2.10. The number of aldehydes is 1. The molecule has 1 unspecified atom stereocenters. The van der Waals surface area contributed by atoms with Crippen LogP contribution < -0.4 is 10.5 Å². The third-order valence-electron chi connectivity index (χ3n) is 2.60. The average molecular weight is 215 g/mol. The molecule has 2 N–H and O–H groups in total. The number of ether oxygens (including phenoxy) is 1. The highest BCUT2D eigenvalue weighted by atomic mass is 16.5. The number of methoxy groups -OCH3 is 1. The van der Waals surface area contributed by atoms with E-state index in [1.807, 2.05) is 36.4 Å². The Bertz CT molecular complexity index is 522. The van der Waals surface area contributed by atoms with Crippen molar-refractivity contribution in [1.82, 2.24) is 0 Å². The van der Waals surface area contributed by atoms with Gasteiger partial charge >= 0.3 is 0 Å². The summed E-state index contributed by atoms with van der Waals surface area (Å²) in [5.41, 5.74) is 6.48. The Labute approximate surface area is 93.8 Å². The van der Waals surface area contributed by atoms with Gasteiger partial charge in [0.05, 0.1) is 13.2 Å². The predicted molar refractivity (Wildman–Crippen MR) is 63.5 cm³/mol. The van der Waals surface area contributed by atoms with Crippen molar-refractivity contribution in [3.05, 3.63) is 42.0 Å². The number of carbonyl (C=O) groups is 1. The van der Waals surface area contributed by atoms with Crippen LogP contribution in [0.25, 0.3) is 10.8 Å². The van der Waals surface area contributed by atoms with E-state index < -0.39 is 6.04 Å². The quantitative estimate of drug-likeness (QED) is 0.797. The summed E-state index contributed by atoms with van der Waals surface area (Å²) in [5, 5.41) is 2.12. The summed E-state index contributed by atoms with van der Waals surface area (Å²) in [6.07, 6.45) is 0.741. The number of nitrogens with two attached hydrogens (primary N) is 1. The van der Waals surface area contributed by atoms with E-state index in [-0.39, 0.29) is 0 Å². The molecule has 2 aromatic carbocycles. The molecule has 0 aliphatic rings. The summed E-state index contributed by atoms with van der Waals surface area (Å²) >= 11 is 0. The normalized spacial score (nSPS) is 12.4. The van der Waals surface area contributed by atoms with Crippen LogP contribution in [-0.2, 0) is 4.79 Å². The van der Waals surface area contributed by atoms with Gasteiger partial charge in [-0.25, -0.2) is 0 Å². The van der Waals surface area contributed by atoms with Crippen LogP contribution in [0.15, 0.2) is 36.4 Å². The Morgan fingerprint density at radius 3 is 2.56 bits per heavy atom. The summed E-state index contributed by atoms with van der Waals surface area (Å²) in [6, 6.07) is 11.0. The molecule has 0 bridgehead atoms. The van der Waals surface area contributed by atoms with E-state index in [4.69, 9.17) is 10.5 Å². The first-order chi connectivity index (χ1) is 7.74. The lowest BCUT2D eigenvalue weighted by molar-refractivity contribution is -0.109. The molecule has 0 aliphatic heterocycles. The minimum absolute atomic E-state index is 0.550. The topological polar surface area (TPSA) is 52.3 Å². The molecule has 2 aromatic rings. The molecule has 3 heteroatoms. The molecule has 0 saturated heterocycles. The monoisotopic (exact) mass is 215 g/mol. The van der Waals surface area contributed by atoms with E-state index in [9.17, 15) is 4.79 Å². The van der Waals surface area contributed by atoms with Gasteiger partial charge in [0.2, 0.25) is 0 Å². The SMILES string of the molecule is COc1ccc2cc(C(N)C=O)ccc2c1. The zero-order valence-electron chi connectivity index (χ0n) is 9.01. The van der Waals surface area contributed by atoms with E-state index in [1.54, 1.807) is 7.11 Å². The van der Waals surface area contributed by atoms with E-state index in [1.165, 1.54) is 0 Å². The molecular weight excluding hydrogens is 202 g/mol. The second-order valence-electron chi connectivity index (χ2n) is 3.63. The summed E-state index contributed by atoms with van der Waals surface area (Å²) in [4.78, 5) is 10.6. The zero-order valence-corrected chi connectivity index (χ0v) is 9.01. The van der Waals surface area contributed by atoms with Gasteiger partial charge in [-0.05, 0) is 34.5 Å². The Morgan fingerprint density at radius 2 is 1.88 bits per heavy atom. The number of hydrogen-bond donors (Lipinski definition) is 1. The van der Waals surface area contributed by atoms with Gasteiger partial charge < -0.3 is 15.3 Å². The molecule has 2 rings (SSSR count). The smallest absolute Gasteiger partial charge is 0.141 e. The second kappa shape index (κ2) is 4.33. The fourth-order valence-corrected chi connectivity index (χ4v) is 1.66. The molecule has 0 saturated carbocycles. The fourth-order valence-electron chi connectivity index (χ4n) is 1.66. The first-order valence-electron chi connectivity index (χ1n) is 5.03. The van der Waals surface area contributed by atoms with Gasteiger partial charge in [0, 0.05) is 0 Å². The lowest BCUT2D eigenvalue weighted by atomic mass is 10.0. The minimum atomic E-state index is -0.550. The number of hydrogen-bond acceptors (Lipinski definition) is 3. The van der Waals surface area contributed by atoms with Crippen molar-refractivity contribution in [3.8, 4) is 5.75 Å². The highest BCUT2D eigenvalue weighted by molar-refractivity contribution is 5.85. The van der Waals surface area contributed by atoms with Crippen LogP contribution in [0.5, 0.6) is 5.75 Å². The molecule has 0 radical (unpaired) electrons. The molecule has 0 fully saturated rings.